The molecule has 0 radical (unpaired) electrons. The summed E-state index contributed by atoms with van der Waals surface area (Å²) < 4.78 is 10.8. The number of nitrogens with zero attached hydrogens (tertiary/aromatic N) is 3. The van der Waals surface area contributed by atoms with Crippen molar-refractivity contribution in [1.29, 1.82) is 0 Å². The Balaban J connectivity index is 1.53. The molecule has 140 valence electrons. The van der Waals surface area contributed by atoms with Gasteiger partial charge >= 0.3 is 6.01 Å². The highest BCUT2D eigenvalue weighted by atomic mass is 16.5. The molecule has 0 aliphatic rings. The predicted molar refractivity (Wildman–Crippen MR) is 105 cm³/mol. The van der Waals surface area contributed by atoms with Crippen LogP contribution in [0.5, 0.6) is 5.75 Å². The Morgan fingerprint density at radius 2 is 1.86 bits per heavy atom. The molecule has 4 rings (SSSR count). The number of anilines is 3. The lowest BCUT2D eigenvalue weighted by Crippen LogP contribution is -2.15. The van der Waals surface area contributed by atoms with Gasteiger partial charge in [-0.1, -0.05) is 24.3 Å². The van der Waals surface area contributed by atoms with Crippen molar-refractivity contribution in [2.45, 2.75) is 6.92 Å². The van der Waals surface area contributed by atoms with Crippen molar-refractivity contribution >= 4 is 34.7 Å². The number of para-hydroxylation sites is 4. The van der Waals surface area contributed by atoms with E-state index in [0.717, 1.165) is 5.52 Å². The number of benzene rings is 2. The Morgan fingerprint density at radius 3 is 2.64 bits per heavy atom. The summed E-state index contributed by atoms with van der Waals surface area (Å²) in [6, 6.07) is 14.9. The summed E-state index contributed by atoms with van der Waals surface area (Å²) in [6.45, 7) is 1.73. The van der Waals surface area contributed by atoms with Crippen molar-refractivity contribution < 1.29 is 13.9 Å². The number of oxazole rings is 1. The van der Waals surface area contributed by atoms with E-state index in [1.807, 2.05) is 36.4 Å². The largest absolute Gasteiger partial charge is 0.495 e. The molecular formula is C20H17N5O3. The number of hydrogen-bond acceptors (Lipinski definition) is 7. The number of fused-ring (bicyclic) bond motifs is 1. The standard InChI is InChI=1S/C20H17N5O3/c1-12-13(18(26)23-14-7-3-5-9-16(14)27-2)11-21-19(22-12)25-20-24-15-8-4-6-10-17(15)28-20/h3-11H,1-2H3,(H,23,26)(H,21,22,24,25). The molecule has 2 heterocycles. The third-order valence-electron chi connectivity index (χ3n) is 4.09. The van der Waals surface area contributed by atoms with Crippen molar-refractivity contribution in [1.82, 2.24) is 15.0 Å². The maximum Gasteiger partial charge on any atom is 0.302 e. The van der Waals surface area contributed by atoms with E-state index in [1.165, 1.54) is 6.20 Å². The van der Waals surface area contributed by atoms with Gasteiger partial charge in [-0.3, -0.25) is 10.1 Å². The van der Waals surface area contributed by atoms with Crippen LogP contribution >= 0.6 is 0 Å². The second-order valence-electron chi connectivity index (χ2n) is 5.96. The van der Waals surface area contributed by atoms with Crippen LogP contribution in [0.1, 0.15) is 16.1 Å². The van der Waals surface area contributed by atoms with Crippen molar-refractivity contribution in [2.24, 2.45) is 0 Å². The van der Waals surface area contributed by atoms with Crippen LogP contribution in [0.3, 0.4) is 0 Å². The number of carbonyl (C=O) groups is 1. The minimum atomic E-state index is -0.324. The fourth-order valence-corrected chi connectivity index (χ4v) is 2.71. The molecule has 1 amide bonds. The molecule has 0 saturated heterocycles. The maximum atomic E-state index is 12.6. The van der Waals surface area contributed by atoms with Crippen LogP contribution < -0.4 is 15.4 Å². The van der Waals surface area contributed by atoms with Gasteiger partial charge in [-0.15, -0.1) is 0 Å². The first kappa shape index (κ1) is 17.5. The highest BCUT2D eigenvalue weighted by molar-refractivity contribution is 6.05. The number of methoxy groups -OCH3 is 1. The molecule has 2 aromatic heterocycles. The van der Waals surface area contributed by atoms with Crippen LogP contribution in [0.4, 0.5) is 17.7 Å². The Hall–Kier alpha value is -3.94. The van der Waals surface area contributed by atoms with Gasteiger partial charge in [0, 0.05) is 6.20 Å². The minimum Gasteiger partial charge on any atom is -0.495 e. The summed E-state index contributed by atoms with van der Waals surface area (Å²) in [5, 5.41) is 5.73. The number of hydrogen-bond donors (Lipinski definition) is 2. The van der Waals surface area contributed by atoms with E-state index in [2.05, 4.69) is 25.6 Å². The van der Waals surface area contributed by atoms with Crippen LogP contribution in [0.25, 0.3) is 11.1 Å². The number of aryl methyl sites for hydroxylation is 1. The van der Waals surface area contributed by atoms with E-state index < -0.39 is 0 Å². The molecule has 0 unspecified atom stereocenters. The lowest BCUT2D eigenvalue weighted by Gasteiger charge is -2.11. The molecule has 0 fully saturated rings. The number of ether oxygens (including phenoxy) is 1. The Kier molecular flexibility index (Phi) is 4.59. The minimum absolute atomic E-state index is 0.284. The van der Waals surface area contributed by atoms with Crippen LogP contribution in [-0.2, 0) is 0 Å². The zero-order chi connectivity index (χ0) is 19.5. The normalized spacial score (nSPS) is 10.6. The topological polar surface area (TPSA) is 102 Å². The molecule has 8 heteroatoms. The molecular weight excluding hydrogens is 358 g/mol. The van der Waals surface area contributed by atoms with Crippen molar-refractivity contribution in [3.8, 4) is 5.75 Å². The third-order valence-corrected chi connectivity index (χ3v) is 4.09. The zero-order valence-corrected chi connectivity index (χ0v) is 15.3. The molecule has 0 aliphatic heterocycles. The molecule has 0 bridgehead atoms. The van der Waals surface area contributed by atoms with Gasteiger partial charge in [0.1, 0.15) is 11.3 Å². The van der Waals surface area contributed by atoms with Gasteiger partial charge < -0.3 is 14.5 Å². The SMILES string of the molecule is COc1ccccc1NC(=O)c1cnc(Nc2nc3ccccc3o2)nc1C. The fraction of sp³-hybridized carbons (Fsp3) is 0.100. The lowest BCUT2D eigenvalue weighted by molar-refractivity contribution is 0.102. The first-order valence-corrected chi connectivity index (χ1v) is 8.54. The number of aromatic nitrogens is 3. The Morgan fingerprint density at radius 1 is 1.07 bits per heavy atom. The van der Waals surface area contributed by atoms with Crippen molar-refractivity contribution in [2.75, 3.05) is 17.7 Å². The fourth-order valence-electron chi connectivity index (χ4n) is 2.71. The van der Waals surface area contributed by atoms with Crippen LogP contribution in [0, 0.1) is 6.92 Å². The van der Waals surface area contributed by atoms with Gasteiger partial charge in [-0.2, -0.15) is 4.98 Å². The smallest absolute Gasteiger partial charge is 0.302 e. The maximum absolute atomic E-state index is 12.6. The molecule has 0 saturated carbocycles. The molecule has 28 heavy (non-hydrogen) atoms. The van der Waals surface area contributed by atoms with Gasteiger partial charge in [0.05, 0.1) is 24.1 Å². The first-order valence-electron chi connectivity index (χ1n) is 8.54. The third kappa shape index (κ3) is 3.48. The predicted octanol–water partition coefficient (Wildman–Crippen LogP) is 3.93. The molecule has 2 aromatic carbocycles. The molecule has 8 nitrogen and oxygen atoms in total. The van der Waals surface area contributed by atoms with E-state index >= 15 is 0 Å². The highest BCUT2D eigenvalue weighted by Crippen LogP contribution is 2.24. The lowest BCUT2D eigenvalue weighted by atomic mass is 10.2. The Labute approximate surface area is 160 Å². The van der Waals surface area contributed by atoms with E-state index in [9.17, 15) is 4.79 Å². The monoisotopic (exact) mass is 375 g/mol. The Bertz CT molecular complexity index is 1120. The average Bonchev–Trinajstić information content (AvgIpc) is 3.10. The molecule has 0 spiro atoms. The summed E-state index contributed by atoms with van der Waals surface area (Å²) in [6.07, 6.45) is 1.46. The van der Waals surface area contributed by atoms with E-state index in [-0.39, 0.29) is 17.9 Å². The van der Waals surface area contributed by atoms with Gasteiger partial charge in [0.2, 0.25) is 5.95 Å². The summed E-state index contributed by atoms with van der Waals surface area (Å²) in [5.74, 6) is 0.539. The van der Waals surface area contributed by atoms with Crippen LogP contribution in [0.15, 0.2) is 59.1 Å². The average molecular weight is 375 g/mol. The molecule has 0 atom stereocenters. The van der Waals surface area contributed by atoms with Crippen LogP contribution in [-0.4, -0.2) is 28.0 Å². The number of carbonyl (C=O) groups excluding carboxylic acids is 1. The van der Waals surface area contributed by atoms with E-state index in [4.69, 9.17) is 9.15 Å². The van der Waals surface area contributed by atoms with Gasteiger partial charge in [-0.25, -0.2) is 9.97 Å². The van der Waals surface area contributed by atoms with Crippen molar-refractivity contribution in [3.63, 3.8) is 0 Å². The summed E-state index contributed by atoms with van der Waals surface area (Å²) >= 11 is 0. The number of amides is 1. The number of nitrogens with one attached hydrogen (secondary N) is 2. The van der Waals surface area contributed by atoms with Gasteiger partial charge in [0.15, 0.2) is 5.58 Å². The molecule has 0 aliphatic carbocycles. The second-order valence-corrected chi connectivity index (χ2v) is 5.96. The summed E-state index contributed by atoms with van der Waals surface area (Å²) in [4.78, 5) is 25.4. The zero-order valence-electron chi connectivity index (χ0n) is 15.3. The first-order chi connectivity index (χ1) is 13.6. The van der Waals surface area contributed by atoms with Gasteiger partial charge in [0.25, 0.3) is 5.91 Å². The summed E-state index contributed by atoms with van der Waals surface area (Å²) in [7, 11) is 1.55. The highest BCUT2D eigenvalue weighted by Gasteiger charge is 2.15. The molecule has 2 N–H and O–H groups in total. The quantitative estimate of drug-likeness (QED) is 0.545. The van der Waals surface area contributed by atoms with E-state index in [1.54, 1.807) is 26.2 Å². The molecule has 4 aromatic rings. The van der Waals surface area contributed by atoms with Crippen molar-refractivity contribution in [3.05, 3.63) is 66.0 Å². The van der Waals surface area contributed by atoms with Crippen LogP contribution in [0.2, 0.25) is 0 Å². The number of rotatable bonds is 5. The van der Waals surface area contributed by atoms with E-state index in [0.29, 0.717) is 28.3 Å². The van der Waals surface area contributed by atoms with Gasteiger partial charge in [-0.05, 0) is 31.2 Å². The second kappa shape index (κ2) is 7.36. The summed E-state index contributed by atoms with van der Waals surface area (Å²) in [5.41, 5.74) is 2.84.